The molecule has 1 heterocycles. The van der Waals surface area contributed by atoms with Crippen LogP contribution in [0, 0.1) is 5.41 Å². The molecule has 0 aromatic heterocycles. The third-order valence-corrected chi connectivity index (χ3v) is 4.83. The zero-order valence-corrected chi connectivity index (χ0v) is 12.6. The Balaban J connectivity index is 1.75. The van der Waals surface area contributed by atoms with Gasteiger partial charge in [0.1, 0.15) is 0 Å². The first-order valence-electron chi connectivity index (χ1n) is 7.29. The number of nitrogens with two attached hydrogens (primary N) is 1. The molecule has 2 fully saturated rings. The van der Waals surface area contributed by atoms with Crippen LogP contribution in [0.25, 0.3) is 0 Å². The van der Waals surface area contributed by atoms with E-state index in [0.29, 0.717) is 10.4 Å². The summed E-state index contributed by atoms with van der Waals surface area (Å²) in [7, 11) is 0. The Morgan fingerprint density at radius 3 is 2.33 bits per heavy atom. The van der Waals surface area contributed by atoms with Gasteiger partial charge in [0, 0.05) is 45.2 Å². The molecule has 18 heavy (non-hydrogen) atoms. The number of nitrogens with zero attached hydrogens (tertiary/aromatic N) is 2. The van der Waals surface area contributed by atoms with Crippen LogP contribution in [-0.2, 0) is 0 Å². The van der Waals surface area contributed by atoms with Crippen LogP contribution in [-0.4, -0.2) is 53.6 Å². The normalized spacial score (nSPS) is 25.9. The molecule has 1 saturated heterocycles. The lowest BCUT2D eigenvalue weighted by Crippen LogP contribution is -2.50. The fourth-order valence-corrected chi connectivity index (χ4v) is 3.34. The van der Waals surface area contributed by atoms with Crippen LogP contribution < -0.4 is 5.73 Å². The van der Waals surface area contributed by atoms with Gasteiger partial charge in [-0.1, -0.05) is 19.1 Å². The van der Waals surface area contributed by atoms with Crippen LogP contribution in [0.4, 0.5) is 0 Å². The third kappa shape index (κ3) is 3.65. The molecule has 0 radical (unpaired) electrons. The van der Waals surface area contributed by atoms with Crippen LogP contribution in [0.3, 0.4) is 0 Å². The van der Waals surface area contributed by atoms with Gasteiger partial charge in [-0.25, -0.2) is 0 Å². The van der Waals surface area contributed by atoms with Crippen molar-refractivity contribution >= 4 is 17.2 Å². The van der Waals surface area contributed by atoms with Crippen molar-refractivity contribution in [2.75, 3.05) is 32.7 Å². The second-order valence-electron chi connectivity index (χ2n) is 6.21. The Labute approximate surface area is 117 Å². The quantitative estimate of drug-likeness (QED) is 0.746. The first-order chi connectivity index (χ1) is 8.54. The van der Waals surface area contributed by atoms with E-state index in [2.05, 4.69) is 23.6 Å². The van der Waals surface area contributed by atoms with Gasteiger partial charge in [-0.05, 0) is 31.6 Å². The highest BCUT2D eigenvalue weighted by Crippen LogP contribution is 2.49. The summed E-state index contributed by atoms with van der Waals surface area (Å²) in [5, 5.41) is 0. The molecule has 2 N–H and O–H groups in total. The van der Waals surface area contributed by atoms with Gasteiger partial charge in [-0.2, -0.15) is 0 Å². The highest BCUT2D eigenvalue weighted by Gasteiger charge is 2.44. The smallest absolute Gasteiger partial charge is 0.0733 e. The van der Waals surface area contributed by atoms with Gasteiger partial charge in [0.25, 0.3) is 0 Å². The summed E-state index contributed by atoms with van der Waals surface area (Å²) in [6.07, 6.45) is 4.84. The Bertz CT molecular complexity index is 293. The zero-order valence-electron chi connectivity index (χ0n) is 11.8. The van der Waals surface area contributed by atoms with Crippen molar-refractivity contribution in [3.63, 3.8) is 0 Å². The molecule has 0 aromatic rings. The molecule has 1 saturated carbocycles. The van der Waals surface area contributed by atoms with Gasteiger partial charge in [-0.15, -0.1) is 0 Å². The van der Waals surface area contributed by atoms with Crippen LogP contribution >= 0.6 is 12.2 Å². The van der Waals surface area contributed by atoms with E-state index in [1.165, 1.54) is 52.0 Å². The Morgan fingerprint density at radius 2 is 1.89 bits per heavy atom. The number of piperazine rings is 1. The third-order valence-electron chi connectivity index (χ3n) is 4.69. The number of rotatable bonds is 6. The van der Waals surface area contributed by atoms with E-state index >= 15 is 0 Å². The lowest BCUT2D eigenvalue weighted by molar-refractivity contribution is 0.0875. The molecule has 4 heteroatoms. The summed E-state index contributed by atoms with van der Waals surface area (Å²) in [5.41, 5.74) is 6.16. The lowest BCUT2D eigenvalue weighted by Gasteiger charge is -2.39. The minimum Gasteiger partial charge on any atom is -0.393 e. The molecule has 0 spiro atoms. The molecular formula is C14H27N3S. The first kappa shape index (κ1) is 14.2. The number of hydrogen-bond donors (Lipinski definition) is 1. The van der Waals surface area contributed by atoms with Crippen molar-refractivity contribution in [3.05, 3.63) is 0 Å². The predicted octanol–water partition coefficient (Wildman–Crippen LogP) is 1.86. The SMILES string of the molecule is CCC(C)N1CCN(CC2(CC(N)=S)CC2)CC1. The second kappa shape index (κ2) is 5.85. The van der Waals surface area contributed by atoms with Gasteiger partial charge >= 0.3 is 0 Å². The van der Waals surface area contributed by atoms with E-state index in [1.807, 2.05) is 0 Å². The monoisotopic (exact) mass is 269 g/mol. The zero-order chi connectivity index (χ0) is 13.2. The van der Waals surface area contributed by atoms with Crippen molar-refractivity contribution in [1.29, 1.82) is 0 Å². The minimum atomic E-state index is 0.449. The van der Waals surface area contributed by atoms with E-state index in [-0.39, 0.29) is 0 Å². The van der Waals surface area contributed by atoms with Gasteiger partial charge in [-0.3, -0.25) is 4.90 Å². The van der Waals surface area contributed by atoms with Crippen molar-refractivity contribution < 1.29 is 0 Å². The second-order valence-corrected chi connectivity index (χ2v) is 6.74. The molecule has 2 aliphatic rings. The Hall–Kier alpha value is -0.190. The first-order valence-corrected chi connectivity index (χ1v) is 7.70. The summed E-state index contributed by atoms with van der Waals surface area (Å²) in [4.78, 5) is 5.93. The molecule has 0 amide bonds. The molecule has 0 aromatic carbocycles. The van der Waals surface area contributed by atoms with Crippen LogP contribution in [0.5, 0.6) is 0 Å². The Morgan fingerprint density at radius 1 is 1.28 bits per heavy atom. The maximum atomic E-state index is 5.71. The van der Waals surface area contributed by atoms with E-state index in [0.717, 1.165) is 12.5 Å². The highest BCUT2D eigenvalue weighted by molar-refractivity contribution is 7.80. The highest BCUT2D eigenvalue weighted by atomic mass is 32.1. The fraction of sp³-hybridized carbons (Fsp3) is 0.929. The maximum absolute atomic E-state index is 5.71. The maximum Gasteiger partial charge on any atom is 0.0733 e. The minimum absolute atomic E-state index is 0.449. The van der Waals surface area contributed by atoms with Gasteiger partial charge < -0.3 is 10.6 Å². The van der Waals surface area contributed by atoms with Gasteiger partial charge in [0.05, 0.1) is 4.99 Å². The predicted molar refractivity (Wildman–Crippen MR) is 80.8 cm³/mol. The molecule has 3 nitrogen and oxygen atoms in total. The van der Waals surface area contributed by atoms with Crippen molar-refractivity contribution in [3.8, 4) is 0 Å². The molecule has 1 aliphatic carbocycles. The number of hydrogen-bond acceptors (Lipinski definition) is 3. The summed E-state index contributed by atoms with van der Waals surface area (Å²) in [6.45, 7) is 10.7. The molecule has 1 atom stereocenters. The molecule has 1 unspecified atom stereocenters. The number of thiocarbonyl (C=S) groups is 1. The van der Waals surface area contributed by atoms with E-state index in [9.17, 15) is 0 Å². The van der Waals surface area contributed by atoms with E-state index in [4.69, 9.17) is 18.0 Å². The van der Waals surface area contributed by atoms with Crippen LogP contribution in [0.1, 0.15) is 39.5 Å². The van der Waals surface area contributed by atoms with Crippen LogP contribution in [0.2, 0.25) is 0 Å². The van der Waals surface area contributed by atoms with Gasteiger partial charge in [0.15, 0.2) is 0 Å². The summed E-state index contributed by atoms with van der Waals surface area (Å²) >= 11 is 5.07. The average molecular weight is 269 g/mol. The molecular weight excluding hydrogens is 242 g/mol. The summed E-state index contributed by atoms with van der Waals surface area (Å²) in [6, 6.07) is 0.735. The van der Waals surface area contributed by atoms with Gasteiger partial charge in [0.2, 0.25) is 0 Å². The standard InChI is InChI=1S/C14H27N3S/c1-3-12(2)17-8-6-16(7-9-17)11-14(4-5-14)10-13(15)18/h12H,3-11H2,1-2H3,(H2,15,18). The summed E-state index contributed by atoms with van der Waals surface area (Å²) < 4.78 is 0. The molecule has 104 valence electrons. The van der Waals surface area contributed by atoms with Crippen molar-refractivity contribution in [2.45, 2.75) is 45.6 Å². The Kier molecular flexibility index (Phi) is 4.62. The van der Waals surface area contributed by atoms with Crippen LogP contribution in [0.15, 0.2) is 0 Å². The van der Waals surface area contributed by atoms with E-state index < -0.39 is 0 Å². The summed E-state index contributed by atoms with van der Waals surface area (Å²) in [5.74, 6) is 0. The van der Waals surface area contributed by atoms with E-state index in [1.54, 1.807) is 0 Å². The van der Waals surface area contributed by atoms with Crippen molar-refractivity contribution in [1.82, 2.24) is 9.80 Å². The average Bonchev–Trinajstić information content (AvgIpc) is 3.07. The molecule has 1 aliphatic heterocycles. The molecule has 0 bridgehead atoms. The van der Waals surface area contributed by atoms with Crippen molar-refractivity contribution in [2.24, 2.45) is 11.1 Å². The fourth-order valence-electron chi connectivity index (χ4n) is 3.03. The largest absolute Gasteiger partial charge is 0.393 e. The topological polar surface area (TPSA) is 32.5 Å². The molecule has 2 rings (SSSR count). The lowest BCUT2D eigenvalue weighted by atomic mass is 10.0.